The van der Waals surface area contributed by atoms with Crippen molar-refractivity contribution in [2.45, 2.75) is 50.0 Å². The van der Waals surface area contributed by atoms with Crippen molar-refractivity contribution >= 4 is 27.5 Å². The molecule has 0 spiro atoms. The van der Waals surface area contributed by atoms with E-state index in [2.05, 4.69) is 15.0 Å². The Morgan fingerprint density at radius 3 is 2.51 bits per heavy atom. The number of rotatable bonds is 5. The van der Waals surface area contributed by atoms with E-state index in [1.54, 1.807) is 4.90 Å². The topological polar surface area (TPSA) is 74.6 Å². The van der Waals surface area contributed by atoms with E-state index < -0.39 is 58.8 Å². The summed E-state index contributed by atoms with van der Waals surface area (Å²) >= 11 is 0. The summed E-state index contributed by atoms with van der Waals surface area (Å²) in [5.41, 5.74) is -1.51. The number of fused-ring (bicyclic) bond motifs is 5. The molecule has 2 unspecified atom stereocenters. The number of pyridine rings is 1. The maximum Gasteiger partial charge on any atom is 0.392 e. The van der Waals surface area contributed by atoms with Crippen LogP contribution >= 0.6 is 0 Å². The van der Waals surface area contributed by atoms with Crippen LogP contribution in [0.25, 0.3) is 32.9 Å². The van der Waals surface area contributed by atoms with Crippen molar-refractivity contribution in [2.75, 3.05) is 37.7 Å². The van der Waals surface area contributed by atoms with E-state index in [1.165, 1.54) is 18.3 Å². The Morgan fingerprint density at radius 1 is 1.00 bits per heavy atom. The second-order valence-electron chi connectivity index (χ2n) is 13.4. The molecule has 4 aromatic rings. The van der Waals surface area contributed by atoms with Gasteiger partial charge in [-0.1, -0.05) is 6.07 Å². The zero-order valence-corrected chi connectivity index (χ0v) is 25.0. The lowest BCUT2D eigenvalue weighted by Crippen LogP contribution is -2.47. The number of nitrogens with zero attached hydrogens (tertiary/aromatic N) is 5. The molecule has 7 nitrogen and oxygen atoms in total. The molecule has 2 aromatic carbocycles. The molecule has 1 N–H and O–H groups in total. The number of phenols is 1. The third-order valence-electron chi connectivity index (χ3n) is 10.6. The first-order chi connectivity index (χ1) is 22.4. The van der Waals surface area contributed by atoms with Crippen molar-refractivity contribution in [3.8, 4) is 23.0 Å². The lowest BCUT2D eigenvalue weighted by molar-refractivity contribution is -0.196. The van der Waals surface area contributed by atoms with Crippen molar-refractivity contribution in [1.29, 1.82) is 0 Å². The standard InChI is InChI=1S/C33H30F7N5O2/c34-19-10-32(6-1-7-45(32)14-19)15-47-31-42-29-22(30(43-31)44-12-17-2-3-18(13-44)25(17)33(38,39)40)11-41-28(27(29)37)21-9-20(46)8-16-4-5-23(35)26(36)24(16)21/h4-5,8-9,11,17-19,25,46H,1-3,6-7,10,12-15H2/t17?,18?,19-,25?,32+/m1/s1. The summed E-state index contributed by atoms with van der Waals surface area (Å²) in [6, 6.07) is 4.18. The molecule has 47 heavy (non-hydrogen) atoms. The maximum absolute atomic E-state index is 16.6. The molecule has 8 rings (SSSR count). The highest BCUT2D eigenvalue weighted by Crippen LogP contribution is 2.51. The lowest BCUT2D eigenvalue weighted by Gasteiger charge is -2.39. The van der Waals surface area contributed by atoms with E-state index in [1.807, 2.05) is 4.90 Å². The van der Waals surface area contributed by atoms with E-state index in [4.69, 9.17) is 4.74 Å². The van der Waals surface area contributed by atoms with Crippen LogP contribution < -0.4 is 9.64 Å². The summed E-state index contributed by atoms with van der Waals surface area (Å²) in [5, 5.41) is 10.3. The van der Waals surface area contributed by atoms with Crippen molar-refractivity contribution in [3.63, 3.8) is 0 Å². The van der Waals surface area contributed by atoms with E-state index in [9.17, 15) is 27.1 Å². The summed E-state index contributed by atoms with van der Waals surface area (Å²) < 4.78 is 108. The number of anilines is 1. The highest BCUT2D eigenvalue weighted by atomic mass is 19.4. The quantitative estimate of drug-likeness (QED) is 0.232. The molecule has 3 saturated heterocycles. The predicted octanol–water partition coefficient (Wildman–Crippen LogP) is 6.95. The minimum absolute atomic E-state index is 0.0263. The van der Waals surface area contributed by atoms with Crippen LogP contribution in [-0.4, -0.2) is 75.6 Å². The molecule has 2 bridgehead atoms. The van der Waals surface area contributed by atoms with Gasteiger partial charge >= 0.3 is 12.2 Å². The number of hydrogen-bond acceptors (Lipinski definition) is 7. The Labute approximate surface area is 264 Å². The third kappa shape index (κ3) is 4.93. The highest BCUT2D eigenvalue weighted by molar-refractivity contribution is 6.00. The number of alkyl halides is 4. The Hall–Kier alpha value is -3.94. The van der Waals surface area contributed by atoms with Crippen molar-refractivity contribution in [3.05, 3.63) is 47.9 Å². The molecule has 1 aliphatic carbocycles. The molecular formula is C33H30F7N5O2. The minimum Gasteiger partial charge on any atom is -0.508 e. The summed E-state index contributed by atoms with van der Waals surface area (Å²) in [6.07, 6.45) is -1.52. The zero-order chi connectivity index (χ0) is 32.8. The largest absolute Gasteiger partial charge is 0.508 e. The van der Waals surface area contributed by atoms with Crippen LogP contribution in [0.15, 0.2) is 30.5 Å². The molecule has 248 valence electrons. The Bertz CT molecular complexity index is 1890. The normalized spacial score (nSPS) is 27.7. The highest BCUT2D eigenvalue weighted by Gasteiger charge is 2.55. The predicted molar refractivity (Wildman–Crippen MR) is 158 cm³/mol. The van der Waals surface area contributed by atoms with Gasteiger partial charge in [-0.3, -0.25) is 9.88 Å². The van der Waals surface area contributed by atoms with Gasteiger partial charge in [0.05, 0.1) is 16.8 Å². The fourth-order valence-electron chi connectivity index (χ4n) is 8.66. The SMILES string of the molecule is Oc1cc(-c2ncc3c(N4CC5CCC(C4)C5C(F)(F)F)nc(OC[C@@]45CCCN4C[C@H](F)C5)nc3c2F)c2c(F)c(F)ccc2c1. The van der Waals surface area contributed by atoms with Gasteiger partial charge in [0.1, 0.15) is 35.6 Å². The monoisotopic (exact) mass is 661 g/mol. The Morgan fingerprint density at radius 2 is 1.77 bits per heavy atom. The van der Waals surface area contributed by atoms with Crippen LogP contribution in [0.3, 0.4) is 0 Å². The second-order valence-corrected chi connectivity index (χ2v) is 13.4. The minimum atomic E-state index is -4.34. The Balaban J connectivity index is 1.25. The van der Waals surface area contributed by atoms with E-state index in [0.717, 1.165) is 18.6 Å². The molecule has 3 aliphatic heterocycles. The lowest BCUT2D eigenvalue weighted by atomic mass is 9.84. The van der Waals surface area contributed by atoms with Crippen molar-refractivity contribution < 1.29 is 40.6 Å². The summed E-state index contributed by atoms with van der Waals surface area (Å²) in [5.74, 6) is -6.45. The van der Waals surface area contributed by atoms with Gasteiger partial charge in [0, 0.05) is 43.2 Å². The molecule has 0 radical (unpaired) electrons. The maximum atomic E-state index is 16.6. The fourth-order valence-corrected chi connectivity index (χ4v) is 8.66. The van der Waals surface area contributed by atoms with Gasteiger partial charge in [0.25, 0.3) is 0 Å². The number of ether oxygens (including phenoxy) is 1. The number of piperidine rings is 1. The van der Waals surface area contributed by atoms with Crippen LogP contribution in [0.2, 0.25) is 0 Å². The van der Waals surface area contributed by atoms with Gasteiger partial charge in [-0.25, -0.2) is 17.6 Å². The number of benzene rings is 2. The van der Waals surface area contributed by atoms with Crippen molar-refractivity contribution in [1.82, 2.24) is 19.9 Å². The molecular weight excluding hydrogens is 631 g/mol. The van der Waals surface area contributed by atoms with E-state index in [-0.39, 0.29) is 77.5 Å². The van der Waals surface area contributed by atoms with Gasteiger partial charge in [-0.2, -0.15) is 23.1 Å². The van der Waals surface area contributed by atoms with Crippen LogP contribution in [0.1, 0.15) is 32.1 Å². The van der Waals surface area contributed by atoms with Gasteiger partial charge in [-0.05, 0) is 67.6 Å². The third-order valence-corrected chi connectivity index (χ3v) is 10.6. The van der Waals surface area contributed by atoms with E-state index >= 15 is 8.78 Å². The molecule has 4 fully saturated rings. The second kappa shape index (κ2) is 10.8. The molecule has 14 heteroatoms. The summed E-state index contributed by atoms with van der Waals surface area (Å²) in [7, 11) is 0. The smallest absolute Gasteiger partial charge is 0.392 e. The Kier molecular flexibility index (Phi) is 6.98. The average molecular weight is 662 g/mol. The number of aromatic nitrogens is 3. The first-order valence-corrected chi connectivity index (χ1v) is 15.7. The number of phenolic OH excluding ortho intramolecular Hbond substituents is 1. The van der Waals surface area contributed by atoms with Gasteiger partial charge in [-0.15, -0.1) is 0 Å². The van der Waals surface area contributed by atoms with Crippen LogP contribution in [0.4, 0.5) is 36.6 Å². The van der Waals surface area contributed by atoms with Gasteiger partial charge in [0.15, 0.2) is 17.5 Å². The molecule has 0 amide bonds. The fraction of sp³-hybridized carbons (Fsp3) is 0.485. The number of hydrogen-bond donors (Lipinski definition) is 1. The zero-order valence-electron chi connectivity index (χ0n) is 25.0. The molecule has 2 aromatic heterocycles. The first kappa shape index (κ1) is 30.4. The summed E-state index contributed by atoms with van der Waals surface area (Å²) in [4.78, 5) is 16.9. The van der Waals surface area contributed by atoms with E-state index in [0.29, 0.717) is 25.8 Å². The number of aromatic hydroxyl groups is 1. The van der Waals surface area contributed by atoms with Crippen LogP contribution in [0, 0.1) is 35.2 Å². The molecule has 4 atom stereocenters. The summed E-state index contributed by atoms with van der Waals surface area (Å²) in [6.45, 7) is 1.07. The molecule has 1 saturated carbocycles. The molecule has 4 aliphatic rings. The number of halogens is 7. The van der Waals surface area contributed by atoms with Gasteiger partial charge in [0.2, 0.25) is 0 Å². The first-order valence-electron chi connectivity index (χ1n) is 15.7. The van der Waals surface area contributed by atoms with Crippen molar-refractivity contribution in [2.24, 2.45) is 17.8 Å². The average Bonchev–Trinajstić information content (AvgIpc) is 3.64. The van der Waals surface area contributed by atoms with Gasteiger partial charge < -0.3 is 14.7 Å². The van der Waals surface area contributed by atoms with Crippen LogP contribution in [-0.2, 0) is 0 Å². The molecule has 5 heterocycles. The van der Waals surface area contributed by atoms with Crippen LogP contribution in [0.5, 0.6) is 11.8 Å².